The van der Waals surface area contributed by atoms with Gasteiger partial charge in [0.05, 0.1) is 12.6 Å². The first-order valence-corrected chi connectivity index (χ1v) is 9.83. The molecule has 3 heterocycles. The van der Waals surface area contributed by atoms with Crippen molar-refractivity contribution >= 4 is 28.0 Å². The maximum absolute atomic E-state index is 13.4. The molecule has 0 aliphatic heterocycles. The van der Waals surface area contributed by atoms with Crippen molar-refractivity contribution in [3.05, 3.63) is 52.2 Å². The summed E-state index contributed by atoms with van der Waals surface area (Å²) in [5.74, 6) is 1.03. The molecule has 0 atom stereocenters. The van der Waals surface area contributed by atoms with Crippen LogP contribution in [0.25, 0.3) is 33.2 Å². The van der Waals surface area contributed by atoms with E-state index in [1.807, 2.05) is 26.8 Å². The van der Waals surface area contributed by atoms with E-state index >= 15 is 0 Å². The third-order valence-corrected chi connectivity index (χ3v) is 5.05. The van der Waals surface area contributed by atoms with Gasteiger partial charge in [0.1, 0.15) is 17.1 Å². The molecular weight excluding hydrogens is 382 g/mol. The van der Waals surface area contributed by atoms with Gasteiger partial charge in [-0.15, -0.1) is 0 Å². The van der Waals surface area contributed by atoms with E-state index in [1.165, 1.54) is 7.11 Å². The van der Waals surface area contributed by atoms with E-state index < -0.39 is 0 Å². The second-order valence-corrected chi connectivity index (χ2v) is 7.00. The van der Waals surface area contributed by atoms with Crippen molar-refractivity contribution in [3.8, 4) is 16.9 Å². The van der Waals surface area contributed by atoms with Crippen LogP contribution in [0.1, 0.15) is 30.0 Å². The number of fused-ring (bicyclic) bond motifs is 3. The van der Waals surface area contributed by atoms with Crippen LogP contribution in [0.5, 0.6) is 5.75 Å². The summed E-state index contributed by atoms with van der Waals surface area (Å²) in [5, 5.41) is 3.59. The number of rotatable bonds is 5. The number of aromatic nitrogens is 4. The summed E-state index contributed by atoms with van der Waals surface area (Å²) >= 11 is 0. The van der Waals surface area contributed by atoms with Gasteiger partial charge in [-0.3, -0.25) is 9.59 Å². The van der Waals surface area contributed by atoms with Gasteiger partial charge in [0, 0.05) is 35.8 Å². The lowest BCUT2D eigenvalue weighted by Crippen LogP contribution is -2.23. The first kappa shape index (κ1) is 19.6. The van der Waals surface area contributed by atoms with Crippen LogP contribution < -0.4 is 15.6 Å². The van der Waals surface area contributed by atoms with Crippen molar-refractivity contribution in [2.75, 3.05) is 13.7 Å². The maximum atomic E-state index is 13.4. The number of ether oxygens (including phenoxy) is 1. The highest BCUT2D eigenvalue weighted by Gasteiger charge is 2.17. The predicted molar refractivity (Wildman–Crippen MR) is 116 cm³/mol. The van der Waals surface area contributed by atoms with E-state index in [2.05, 4.69) is 20.3 Å². The van der Waals surface area contributed by atoms with Gasteiger partial charge in [-0.2, -0.15) is 0 Å². The number of aryl methyl sites for hydroxylation is 2. The average molecular weight is 405 g/mol. The third-order valence-electron chi connectivity index (χ3n) is 5.05. The molecule has 0 spiro atoms. The molecule has 0 aliphatic carbocycles. The first-order valence-electron chi connectivity index (χ1n) is 9.83. The van der Waals surface area contributed by atoms with E-state index in [0.717, 1.165) is 22.2 Å². The zero-order valence-corrected chi connectivity index (χ0v) is 17.4. The van der Waals surface area contributed by atoms with Gasteiger partial charge in [0.15, 0.2) is 5.65 Å². The number of hydrogen-bond acceptors (Lipinski definition) is 5. The fraction of sp³-hybridized carbons (Fsp3) is 0.273. The van der Waals surface area contributed by atoms with Crippen molar-refractivity contribution < 1.29 is 9.53 Å². The van der Waals surface area contributed by atoms with Gasteiger partial charge in [-0.1, -0.05) is 0 Å². The number of nitrogens with zero attached hydrogens (tertiary/aromatic N) is 3. The number of aromatic amines is 1. The van der Waals surface area contributed by atoms with Crippen LogP contribution in [0.4, 0.5) is 0 Å². The van der Waals surface area contributed by atoms with E-state index in [-0.39, 0.29) is 11.5 Å². The molecule has 154 valence electrons. The van der Waals surface area contributed by atoms with E-state index in [0.29, 0.717) is 41.2 Å². The summed E-state index contributed by atoms with van der Waals surface area (Å²) in [4.78, 5) is 37.8. The van der Waals surface area contributed by atoms with Crippen molar-refractivity contribution in [2.24, 2.45) is 0 Å². The number of benzene rings is 1. The van der Waals surface area contributed by atoms with Gasteiger partial charge in [-0.25, -0.2) is 9.97 Å². The van der Waals surface area contributed by atoms with Gasteiger partial charge in [0.25, 0.3) is 11.5 Å². The number of amides is 1. The van der Waals surface area contributed by atoms with E-state index in [1.54, 1.807) is 29.0 Å². The molecule has 4 rings (SSSR count). The van der Waals surface area contributed by atoms with Crippen LogP contribution in [-0.2, 0) is 6.54 Å². The van der Waals surface area contributed by atoms with Crippen molar-refractivity contribution in [3.63, 3.8) is 0 Å². The summed E-state index contributed by atoms with van der Waals surface area (Å²) in [6.45, 7) is 6.62. The van der Waals surface area contributed by atoms with Crippen LogP contribution in [0.2, 0.25) is 0 Å². The lowest BCUT2D eigenvalue weighted by atomic mass is 10.0. The van der Waals surface area contributed by atoms with Crippen LogP contribution in [0.15, 0.2) is 35.3 Å². The van der Waals surface area contributed by atoms with E-state index in [9.17, 15) is 9.59 Å². The minimum absolute atomic E-state index is 0.153. The molecule has 4 aromatic rings. The standard InChI is InChI=1S/C22H23N5O3/c1-5-23-21(28)14-7-13(8-16(9-14)30-4)17-10-15-11-24-20-18(25-12(3)26-20)19(15)27(6-2)22(17)29/h7-11H,5-6H2,1-4H3,(H,23,28)(H,24,25,26). The zero-order chi connectivity index (χ0) is 21.4. The summed E-state index contributed by atoms with van der Waals surface area (Å²) in [5.41, 5.74) is 3.46. The Morgan fingerprint density at radius 3 is 2.73 bits per heavy atom. The number of pyridine rings is 2. The molecule has 1 amide bonds. The normalized spacial score (nSPS) is 11.2. The van der Waals surface area contributed by atoms with E-state index in [4.69, 9.17) is 4.74 Å². The zero-order valence-electron chi connectivity index (χ0n) is 17.4. The summed E-state index contributed by atoms with van der Waals surface area (Å²) < 4.78 is 7.08. The van der Waals surface area contributed by atoms with Crippen molar-refractivity contribution in [2.45, 2.75) is 27.3 Å². The van der Waals surface area contributed by atoms with Crippen LogP contribution in [0.3, 0.4) is 0 Å². The Bertz CT molecular complexity index is 1340. The molecule has 30 heavy (non-hydrogen) atoms. The molecule has 0 aliphatic rings. The number of imidazole rings is 1. The minimum Gasteiger partial charge on any atom is -0.497 e. The summed E-state index contributed by atoms with van der Waals surface area (Å²) in [6, 6.07) is 6.94. The fourth-order valence-corrected chi connectivity index (χ4v) is 3.71. The molecule has 0 saturated carbocycles. The Hall–Kier alpha value is -3.68. The van der Waals surface area contributed by atoms with Gasteiger partial charge >= 0.3 is 0 Å². The largest absolute Gasteiger partial charge is 0.497 e. The van der Waals surface area contributed by atoms with Crippen LogP contribution in [-0.4, -0.2) is 39.1 Å². The fourth-order valence-electron chi connectivity index (χ4n) is 3.71. The monoisotopic (exact) mass is 405 g/mol. The number of nitrogens with one attached hydrogen (secondary N) is 2. The molecule has 0 bridgehead atoms. The Morgan fingerprint density at radius 2 is 2.03 bits per heavy atom. The van der Waals surface area contributed by atoms with Crippen LogP contribution >= 0.6 is 0 Å². The first-order chi connectivity index (χ1) is 14.5. The molecule has 8 heteroatoms. The van der Waals surface area contributed by atoms with Crippen molar-refractivity contribution in [1.82, 2.24) is 24.8 Å². The summed E-state index contributed by atoms with van der Waals surface area (Å²) in [6.07, 6.45) is 1.72. The number of carbonyl (C=O) groups is 1. The quantitative estimate of drug-likeness (QED) is 0.531. The Labute approximate surface area is 172 Å². The SMILES string of the molecule is CCNC(=O)c1cc(OC)cc(-c2cc3cnc4nc(C)[nH]c4c3n(CC)c2=O)c1. The van der Waals surface area contributed by atoms with Gasteiger partial charge < -0.3 is 19.6 Å². The topological polar surface area (TPSA) is 102 Å². The Kier molecular flexibility index (Phi) is 4.99. The second kappa shape index (κ2) is 7.62. The lowest BCUT2D eigenvalue weighted by molar-refractivity contribution is 0.0955. The predicted octanol–water partition coefficient (Wildman–Crippen LogP) is 3.03. The second-order valence-electron chi connectivity index (χ2n) is 7.00. The van der Waals surface area contributed by atoms with Gasteiger partial charge in [-0.05, 0) is 50.6 Å². The molecule has 0 radical (unpaired) electrons. The Morgan fingerprint density at radius 1 is 1.23 bits per heavy atom. The Balaban J connectivity index is 2.01. The molecule has 0 saturated heterocycles. The highest BCUT2D eigenvalue weighted by Crippen LogP contribution is 2.28. The van der Waals surface area contributed by atoms with Crippen LogP contribution in [0, 0.1) is 6.92 Å². The molecule has 0 fully saturated rings. The number of methoxy groups -OCH3 is 1. The number of H-pyrrole nitrogens is 1. The number of hydrogen-bond donors (Lipinski definition) is 2. The van der Waals surface area contributed by atoms with Crippen molar-refractivity contribution in [1.29, 1.82) is 0 Å². The average Bonchev–Trinajstić information content (AvgIpc) is 3.13. The maximum Gasteiger partial charge on any atom is 0.258 e. The minimum atomic E-state index is -0.217. The third kappa shape index (κ3) is 3.20. The molecule has 2 N–H and O–H groups in total. The molecule has 3 aromatic heterocycles. The molecule has 0 unspecified atom stereocenters. The smallest absolute Gasteiger partial charge is 0.258 e. The molecular formula is C22H23N5O3. The molecule has 8 nitrogen and oxygen atoms in total. The summed E-state index contributed by atoms with van der Waals surface area (Å²) in [7, 11) is 1.53. The van der Waals surface area contributed by atoms with Gasteiger partial charge in [0.2, 0.25) is 0 Å². The lowest BCUT2D eigenvalue weighted by Gasteiger charge is -2.13. The molecule has 1 aromatic carbocycles. The highest BCUT2D eigenvalue weighted by atomic mass is 16.5. The number of carbonyl (C=O) groups excluding carboxylic acids is 1. The highest BCUT2D eigenvalue weighted by molar-refractivity contribution is 6.01.